The predicted octanol–water partition coefficient (Wildman–Crippen LogP) is 2.43. The maximum absolute atomic E-state index is 12.9. The van der Waals surface area contributed by atoms with Crippen molar-refractivity contribution in [2.24, 2.45) is 7.05 Å². The first-order chi connectivity index (χ1) is 17.4. The van der Waals surface area contributed by atoms with Gasteiger partial charge in [-0.2, -0.15) is 0 Å². The number of carbonyl (C=O) groups is 1. The van der Waals surface area contributed by atoms with E-state index in [1.807, 2.05) is 19.1 Å². The van der Waals surface area contributed by atoms with Gasteiger partial charge in [0.1, 0.15) is 19.0 Å². The summed E-state index contributed by atoms with van der Waals surface area (Å²) in [6.45, 7) is 2.13. The van der Waals surface area contributed by atoms with Gasteiger partial charge in [0.05, 0.1) is 11.0 Å². The van der Waals surface area contributed by atoms with Crippen molar-refractivity contribution < 1.29 is 9.53 Å². The summed E-state index contributed by atoms with van der Waals surface area (Å²) in [7, 11) is 1.64. The molecule has 0 aliphatic rings. The van der Waals surface area contributed by atoms with E-state index < -0.39 is 17.2 Å². The highest BCUT2D eigenvalue weighted by Crippen LogP contribution is 2.19. The number of aryl methyl sites for hydroxylation is 2. The number of rotatable bonds is 7. The van der Waals surface area contributed by atoms with Crippen molar-refractivity contribution in [1.29, 1.82) is 0 Å². The van der Waals surface area contributed by atoms with Crippen LogP contribution >= 0.6 is 0 Å². The van der Waals surface area contributed by atoms with Crippen LogP contribution in [0.15, 0.2) is 62.9 Å². The van der Waals surface area contributed by atoms with Crippen LogP contribution in [0.25, 0.3) is 33.0 Å². The maximum Gasteiger partial charge on any atom is 0.330 e. The number of H-pyrrole nitrogens is 1. The molecule has 36 heavy (non-hydrogen) atoms. The molecule has 0 aliphatic heterocycles. The quantitative estimate of drug-likeness (QED) is 0.278. The van der Waals surface area contributed by atoms with Crippen LogP contribution in [0, 0.1) is 0 Å². The first-order valence-electron chi connectivity index (χ1n) is 11.7. The molecule has 5 rings (SSSR count). The summed E-state index contributed by atoms with van der Waals surface area (Å²) in [5.41, 5.74) is 0.628. The molecule has 0 saturated carbocycles. The predicted molar refractivity (Wildman–Crippen MR) is 136 cm³/mol. The van der Waals surface area contributed by atoms with E-state index in [0.717, 1.165) is 12.8 Å². The van der Waals surface area contributed by atoms with Crippen LogP contribution in [0.1, 0.15) is 25.6 Å². The van der Waals surface area contributed by atoms with E-state index in [9.17, 15) is 19.2 Å². The fourth-order valence-electron chi connectivity index (χ4n) is 4.51. The number of nitrogens with one attached hydrogen (secondary N) is 1. The van der Waals surface area contributed by atoms with Crippen molar-refractivity contribution in [3.05, 3.63) is 85.4 Å². The number of aromatic amines is 1. The molecule has 184 valence electrons. The van der Waals surface area contributed by atoms with Crippen molar-refractivity contribution in [2.75, 3.05) is 0 Å². The molecule has 3 heterocycles. The summed E-state index contributed by atoms with van der Waals surface area (Å²) in [6, 6.07) is 14.3. The molecule has 3 aromatic heterocycles. The minimum Gasteiger partial charge on any atom is -0.456 e. The van der Waals surface area contributed by atoms with Crippen molar-refractivity contribution in [2.45, 2.75) is 39.5 Å². The smallest absolute Gasteiger partial charge is 0.330 e. The minimum absolute atomic E-state index is 0.0927. The third kappa shape index (κ3) is 3.90. The summed E-state index contributed by atoms with van der Waals surface area (Å²) < 4.78 is 10.3. The second-order valence-electron chi connectivity index (χ2n) is 8.63. The Balaban J connectivity index is 1.47. The number of fused-ring (bicyclic) bond motifs is 3. The first kappa shape index (κ1) is 23.3. The van der Waals surface area contributed by atoms with Gasteiger partial charge in [-0.3, -0.25) is 23.9 Å². The Bertz CT molecular complexity index is 1750. The van der Waals surface area contributed by atoms with Gasteiger partial charge in [0.2, 0.25) is 0 Å². The number of imidazole rings is 1. The van der Waals surface area contributed by atoms with E-state index in [1.165, 1.54) is 9.13 Å². The second-order valence-corrected chi connectivity index (χ2v) is 8.63. The summed E-state index contributed by atoms with van der Waals surface area (Å²) in [6.07, 6.45) is 1.63. The Morgan fingerprint density at radius 3 is 2.25 bits per heavy atom. The highest BCUT2D eigenvalue weighted by Gasteiger charge is 2.18. The molecular formula is C26H25N5O5. The molecule has 0 saturated heterocycles. The van der Waals surface area contributed by atoms with Gasteiger partial charge in [0.15, 0.2) is 16.6 Å². The van der Waals surface area contributed by atoms with Gasteiger partial charge >= 0.3 is 11.7 Å². The molecule has 5 aromatic rings. The lowest BCUT2D eigenvalue weighted by atomic mass is 10.1. The Labute approximate surface area is 204 Å². The number of hydrogen-bond acceptors (Lipinski definition) is 6. The van der Waals surface area contributed by atoms with Crippen molar-refractivity contribution >= 4 is 38.9 Å². The van der Waals surface area contributed by atoms with Gasteiger partial charge in [-0.05, 0) is 30.7 Å². The normalized spacial score (nSPS) is 11.5. The third-order valence-electron chi connectivity index (χ3n) is 6.37. The highest BCUT2D eigenvalue weighted by atomic mass is 16.5. The molecule has 1 N–H and O–H groups in total. The fraction of sp³-hybridized carbons (Fsp3) is 0.269. The van der Waals surface area contributed by atoms with Gasteiger partial charge in [0.25, 0.3) is 5.56 Å². The van der Waals surface area contributed by atoms with Gasteiger partial charge in [-0.1, -0.05) is 37.6 Å². The Hall–Kier alpha value is -4.47. The number of unbranched alkanes of at least 4 members (excludes halogenated alkanes) is 1. The van der Waals surface area contributed by atoms with Crippen LogP contribution in [0.2, 0.25) is 0 Å². The molecule has 0 spiro atoms. The molecule has 10 heteroatoms. The van der Waals surface area contributed by atoms with Crippen LogP contribution in [0.4, 0.5) is 0 Å². The average molecular weight is 488 g/mol. The molecule has 0 radical (unpaired) electrons. The number of benzene rings is 2. The zero-order valence-corrected chi connectivity index (χ0v) is 20.0. The van der Waals surface area contributed by atoms with Crippen LogP contribution in [-0.2, 0) is 36.3 Å². The average Bonchev–Trinajstić information content (AvgIpc) is 3.21. The molecule has 2 aromatic carbocycles. The molecule has 0 atom stereocenters. The Morgan fingerprint density at radius 2 is 1.61 bits per heavy atom. The molecule has 0 bridgehead atoms. The summed E-state index contributed by atoms with van der Waals surface area (Å²) in [4.78, 5) is 57.4. The van der Waals surface area contributed by atoms with Crippen LogP contribution in [-0.4, -0.2) is 29.6 Å². The van der Waals surface area contributed by atoms with Gasteiger partial charge in [0, 0.05) is 24.4 Å². The summed E-state index contributed by atoms with van der Waals surface area (Å²) in [5, 5.41) is 1.03. The third-order valence-corrected chi connectivity index (χ3v) is 6.37. The fourth-order valence-corrected chi connectivity index (χ4v) is 4.51. The van der Waals surface area contributed by atoms with Gasteiger partial charge < -0.3 is 13.9 Å². The molecule has 10 nitrogen and oxygen atoms in total. The number of nitrogens with zero attached hydrogens (tertiary/aromatic N) is 4. The first-order valence-corrected chi connectivity index (χ1v) is 11.7. The number of esters is 1. The lowest BCUT2D eigenvalue weighted by Crippen LogP contribution is -2.31. The van der Waals surface area contributed by atoms with Gasteiger partial charge in [-0.15, -0.1) is 0 Å². The highest BCUT2D eigenvalue weighted by molar-refractivity contribution is 5.94. The van der Waals surface area contributed by atoms with Crippen molar-refractivity contribution in [1.82, 2.24) is 23.7 Å². The van der Waals surface area contributed by atoms with E-state index in [4.69, 9.17) is 4.74 Å². The number of para-hydroxylation sites is 2. The van der Waals surface area contributed by atoms with E-state index >= 15 is 0 Å². The number of carbonyl (C=O) groups excluding carboxylic acids is 1. The molecule has 0 fully saturated rings. The molecule has 0 aliphatic carbocycles. The van der Waals surface area contributed by atoms with Crippen LogP contribution < -0.4 is 16.7 Å². The molecule has 0 amide bonds. The van der Waals surface area contributed by atoms with Crippen molar-refractivity contribution in [3.8, 4) is 0 Å². The van der Waals surface area contributed by atoms with E-state index in [0.29, 0.717) is 34.2 Å². The second kappa shape index (κ2) is 9.29. The lowest BCUT2D eigenvalue weighted by Gasteiger charge is -2.14. The van der Waals surface area contributed by atoms with Crippen LogP contribution in [0.5, 0.6) is 0 Å². The SMILES string of the molecule is CCCCn1c(=O)[nH]c(=O)c2c1nc(COC(=O)Cn1c3ccccc3c(=O)c3ccccc31)n2C. The monoisotopic (exact) mass is 487 g/mol. The van der Waals surface area contributed by atoms with E-state index in [-0.39, 0.29) is 29.7 Å². The summed E-state index contributed by atoms with van der Waals surface area (Å²) in [5.74, 6) is -0.187. The number of pyridine rings is 1. The van der Waals surface area contributed by atoms with Crippen LogP contribution in [0.3, 0.4) is 0 Å². The topological polar surface area (TPSA) is 121 Å². The zero-order chi connectivity index (χ0) is 25.4. The largest absolute Gasteiger partial charge is 0.456 e. The Morgan fingerprint density at radius 1 is 0.972 bits per heavy atom. The number of hydrogen-bond donors (Lipinski definition) is 1. The zero-order valence-electron chi connectivity index (χ0n) is 20.0. The van der Waals surface area contributed by atoms with E-state index in [1.54, 1.807) is 48.0 Å². The number of aromatic nitrogens is 5. The standard InChI is InChI=1S/C26H25N5O5/c1-3-4-13-30-24-22(25(34)28-26(30)35)29(2)20(27-24)15-36-21(32)14-31-18-11-7-5-9-16(18)23(33)17-10-6-8-12-19(17)31/h5-12H,3-4,13-15H2,1-2H3,(H,28,34,35). The molecular weight excluding hydrogens is 462 g/mol. The molecule has 0 unspecified atom stereocenters. The van der Waals surface area contributed by atoms with E-state index in [2.05, 4.69) is 9.97 Å². The summed E-state index contributed by atoms with van der Waals surface area (Å²) >= 11 is 0. The number of ether oxygens (including phenoxy) is 1. The van der Waals surface area contributed by atoms with Gasteiger partial charge in [-0.25, -0.2) is 9.78 Å². The Kier molecular flexibility index (Phi) is 6.01. The lowest BCUT2D eigenvalue weighted by molar-refractivity contribution is -0.145. The van der Waals surface area contributed by atoms with Crippen molar-refractivity contribution in [3.63, 3.8) is 0 Å². The minimum atomic E-state index is -0.540. The maximum atomic E-state index is 12.9.